The molecule has 4 rings (SSSR count). The molecule has 0 aliphatic rings. The van der Waals surface area contributed by atoms with Crippen molar-refractivity contribution < 1.29 is 4.52 Å². The third-order valence-corrected chi connectivity index (χ3v) is 5.01. The van der Waals surface area contributed by atoms with Crippen molar-refractivity contribution in [1.82, 2.24) is 25.2 Å². The summed E-state index contributed by atoms with van der Waals surface area (Å²) in [6.07, 6.45) is 6.66. The molecule has 6 heteroatoms. The maximum Gasteiger partial charge on any atom is 0.137 e. The van der Waals surface area contributed by atoms with Gasteiger partial charge in [0.25, 0.3) is 0 Å². The minimum atomic E-state index is 0.738. The van der Waals surface area contributed by atoms with Gasteiger partial charge in [0.2, 0.25) is 0 Å². The van der Waals surface area contributed by atoms with Crippen molar-refractivity contribution in [2.45, 2.75) is 33.4 Å². The number of hydrogen-bond acceptors (Lipinski definition) is 5. The van der Waals surface area contributed by atoms with Crippen molar-refractivity contribution in [2.75, 3.05) is 6.54 Å². The molecular weight excluding hydrogens is 362 g/mol. The van der Waals surface area contributed by atoms with Gasteiger partial charge in [0.1, 0.15) is 5.76 Å². The van der Waals surface area contributed by atoms with E-state index in [0.717, 1.165) is 54.3 Å². The van der Waals surface area contributed by atoms with Crippen molar-refractivity contribution >= 4 is 0 Å². The summed E-state index contributed by atoms with van der Waals surface area (Å²) >= 11 is 0. The van der Waals surface area contributed by atoms with Crippen LogP contribution >= 0.6 is 0 Å². The lowest BCUT2D eigenvalue weighted by Gasteiger charge is -2.05. The topological polar surface area (TPSA) is 68.8 Å². The Balaban J connectivity index is 1.48. The number of aromatic nitrogens is 4. The van der Waals surface area contributed by atoms with E-state index in [-0.39, 0.29) is 0 Å². The summed E-state index contributed by atoms with van der Waals surface area (Å²) in [7, 11) is 0. The summed E-state index contributed by atoms with van der Waals surface area (Å²) in [6, 6.07) is 14.4. The highest BCUT2D eigenvalue weighted by molar-refractivity contribution is 5.61. The van der Waals surface area contributed by atoms with Crippen molar-refractivity contribution in [2.24, 2.45) is 0 Å². The van der Waals surface area contributed by atoms with E-state index in [4.69, 9.17) is 9.62 Å². The third kappa shape index (κ3) is 4.60. The first kappa shape index (κ1) is 19.1. The van der Waals surface area contributed by atoms with E-state index in [1.807, 2.05) is 36.9 Å². The van der Waals surface area contributed by atoms with Crippen molar-refractivity contribution in [3.8, 4) is 11.3 Å². The summed E-state index contributed by atoms with van der Waals surface area (Å²) in [6.45, 7) is 6.28. The molecule has 0 atom stereocenters. The molecular formula is C23H25N5O. The van der Waals surface area contributed by atoms with Gasteiger partial charge >= 0.3 is 0 Å². The minimum Gasteiger partial charge on any atom is -0.361 e. The highest BCUT2D eigenvalue weighted by Gasteiger charge is 2.13. The van der Waals surface area contributed by atoms with Crippen LogP contribution in [0.2, 0.25) is 0 Å². The second kappa shape index (κ2) is 8.84. The minimum absolute atomic E-state index is 0.738. The lowest BCUT2D eigenvalue weighted by molar-refractivity contribution is 0.392. The Labute approximate surface area is 170 Å². The SMILES string of the molecule is Cc1noc(C)c1CCNCc1cn(Cc2ccccc2)nc1-c1cccnc1. The fourth-order valence-corrected chi connectivity index (χ4v) is 3.48. The molecule has 29 heavy (non-hydrogen) atoms. The van der Waals surface area contributed by atoms with Gasteiger partial charge in [-0.2, -0.15) is 5.10 Å². The van der Waals surface area contributed by atoms with Crippen LogP contribution < -0.4 is 5.32 Å². The van der Waals surface area contributed by atoms with Gasteiger partial charge in [-0.15, -0.1) is 0 Å². The molecule has 0 radical (unpaired) electrons. The van der Waals surface area contributed by atoms with Crippen LogP contribution in [0.15, 0.2) is 65.6 Å². The van der Waals surface area contributed by atoms with E-state index in [1.165, 1.54) is 11.1 Å². The molecule has 0 spiro atoms. The fraction of sp³-hybridized carbons (Fsp3) is 0.261. The maximum absolute atomic E-state index is 5.25. The summed E-state index contributed by atoms with van der Waals surface area (Å²) < 4.78 is 7.25. The maximum atomic E-state index is 5.25. The smallest absolute Gasteiger partial charge is 0.137 e. The van der Waals surface area contributed by atoms with Gasteiger partial charge in [0.05, 0.1) is 17.9 Å². The molecule has 0 saturated carbocycles. The Morgan fingerprint density at radius 1 is 1.07 bits per heavy atom. The average molecular weight is 387 g/mol. The Morgan fingerprint density at radius 2 is 1.93 bits per heavy atom. The van der Waals surface area contributed by atoms with Gasteiger partial charge in [0.15, 0.2) is 0 Å². The molecule has 1 aromatic carbocycles. The van der Waals surface area contributed by atoms with Gasteiger partial charge in [-0.25, -0.2) is 0 Å². The van der Waals surface area contributed by atoms with Gasteiger partial charge in [-0.05, 0) is 44.5 Å². The molecule has 0 fully saturated rings. The molecule has 0 amide bonds. The zero-order valence-electron chi connectivity index (χ0n) is 16.8. The Bertz CT molecular complexity index is 1030. The van der Waals surface area contributed by atoms with Crippen LogP contribution in [0.25, 0.3) is 11.3 Å². The fourth-order valence-electron chi connectivity index (χ4n) is 3.48. The largest absolute Gasteiger partial charge is 0.361 e. The number of nitrogens with zero attached hydrogens (tertiary/aromatic N) is 4. The molecule has 0 bridgehead atoms. The molecule has 0 aliphatic heterocycles. The number of nitrogens with one attached hydrogen (secondary N) is 1. The van der Waals surface area contributed by atoms with Crippen LogP contribution in [-0.4, -0.2) is 26.5 Å². The second-order valence-corrected chi connectivity index (χ2v) is 7.16. The van der Waals surface area contributed by atoms with E-state index in [0.29, 0.717) is 0 Å². The third-order valence-electron chi connectivity index (χ3n) is 5.01. The molecule has 0 saturated heterocycles. The lowest BCUT2D eigenvalue weighted by Crippen LogP contribution is -2.17. The molecule has 3 aromatic heterocycles. The number of pyridine rings is 1. The van der Waals surface area contributed by atoms with Crippen molar-refractivity contribution in [3.05, 3.63) is 89.2 Å². The van der Waals surface area contributed by atoms with E-state index < -0.39 is 0 Å². The summed E-state index contributed by atoms with van der Waals surface area (Å²) in [5.41, 5.74) is 6.54. The molecule has 148 valence electrons. The highest BCUT2D eigenvalue weighted by atomic mass is 16.5. The number of benzene rings is 1. The van der Waals surface area contributed by atoms with E-state index in [1.54, 1.807) is 6.20 Å². The number of hydrogen-bond donors (Lipinski definition) is 1. The molecule has 0 unspecified atom stereocenters. The van der Waals surface area contributed by atoms with Crippen molar-refractivity contribution in [3.63, 3.8) is 0 Å². The van der Waals surface area contributed by atoms with Crippen LogP contribution in [0.5, 0.6) is 0 Å². The van der Waals surface area contributed by atoms with Crippen LogP contribution in [-0.2, 0) is 19.5 Å². The molecule has 3 heterocycles. The van der Waals surface area contributed by atoms with Crippen LogP contribution in [0, 0.1) is 13.8 Å². The Hall–Kier alpha value is -3.25. The first-order valence-electron chi connectivity index (χ1n) is 9.84. The lowest BCUT2D eigenvalue weighted by atomic mass is 10.1. The first-order valence-corrected chi connectivity index (χ1v) is 9.84. The first-order chi connectivity index (χ1) is 14.2. The molecule has 1 N–H and O–H groups in total. The summed E-state index contributed by atoms with van der Waals surface area (Å²) in [4.78, 5) is 4.26. The van der Waals surface area contributed by atoms with Crippen molar-refractivity contribution in [1.29, 1.82) is 0 Å². The van der Waals surface area contributed by atoms with Crippen LogP contribution in [0.4, 0.5) is 0 Å². The summed E-state index contributed by atoms with van der Waals surface area (Å²) in [5, 5.41) is 12.4. The summed E-state index contributed by atoms with van der Waals surface area (Å²) in [5.74, 6) is 0.899. The monoisotopic (exact) mass is 387 g/mol. The molecule has 6 nitrogen and oxygen atoms in total. The van der Waals surface area contributed by atoms with E-state index >= 15 is 0 Å². The molecule has 0 aliphatic carbocycles. The zero-order chi connectivity index (χ0) is 20.1. The van der Waals surface area contributed by atoms with Gasteiger partial charge < -0.3 is 9.84 Å². The highest BCUT2D eigenvalue weighted by Crippen LogP contribution is 2.22. The van der Waals surface area contributed by atoms with Gasteiger partial charge in [-0.1, -0.05) is 35.5 Å². The van der Waals surface area contributed by atoms with E-state index in [2.05, 4.69) is 52.0 Å². The Morgan fingerprint density at radius 3 is 2.66 bits per heavy atom. The predicted octanol–water partition coefficient (Wildman–Crippen LogP) is 3.93. The zero-order valence-corrected chi connectivity index (χ0v) is 16.8. The Kier molecular flexibility index (Phi) is 5.81. The predicted molar refractivity (Wildman–Crippen MR) is 112 cm³/mol. The average Bonchev–Trinajstić information content (AvgIpc) is 3.30. The standard InChI is InChI=1S/C23H25N5O/c1-17-22(18(2)29-27-17)10-12-25-14-21-16-28(15-19-7-4-3-5-8-19)26-23(21)20-9-6-11-24-13-20/h3-9,11,13,16,25H,10,12,14-15H2,1-2H3. The quantitative estimate of drug-likeness (QED) is 0.464. The normalized spacial score (nSPS) is 11.1. The molecule has 4 aromatic rings. The van der Waals surface area contributed by atoms with Gasteiger partial charge in [0, 0.05) is 41.8 Å². The van der Waals surface area contributed by atoms with E-state index in [9.17, 15) is 0 Å². The second-order valence-electron chi connectivity index (χ2n) is 7.16. The van der Waals surface area contributed by atoms with Crippen LogP contribution in [0.1, 0.15) is 28.1 Å². The van der Waals surface area contributed by atoms with Crippen LogP contribution in [0.3, 0.4) is 0 Å². The van der Waals surface area contributed by atoms with Gasteiger partial charge in [-0.3, -0.25) is 9.67 Å². The number of aryl methyl sites for hydroxylation is 2. The number of rotatable bonds is 8.